The summed E-state index contributed by atoms with van der Waals surface area (Å²) in [6.45, 7) is 6.34. The Hall–Kier alpha value is -5.23. The standard InChI is InChI=1S/C75H118O6/c1-4-7-10-13-16-19-22-25-28-30-32-34-35-36-37-38-39-41-42-44-47-50-53-56-59-62-65-68-74(77)80-71-72(70-79-73(76)67-64-61-58-55-52-49-46-27-24-21-18-15-12-9-6-3)81-75(78)69-66-63-60-57-54-51-48-45-43-40-33-31-29-26-23-20-17-14-11-8-5-2/h7,9-10,12,16,18-19,21,23,25-28,31-34,36-37,39,41,43-47,53,56,72H,4-6,8,11,13-15,17,20,22,24,29-30,35,38,40,42,48-52,54-55,57-71H2,1-3H3/b10-7-,12-9-,19-16-,21-18-,26-23-,28-25-,33-31-,34-32-,37-36-,41-39-,45-43-,46-27-,47-44-,56-53-. The number of unbranched alkanes of at least 4 members (excludes halogenated alkanes) is 18. The van der Waals surface area contributed by atoms with Crippen molar-refractivity contribution in [3.05, 3.63) is 170 Å². The number of allylic oxidation sites excluding steroid dienone is 28. The van der Waals surface area contributed by atoms with Crippen LogP contribution in [0, 0.1) is 0 Å². The Labute approximate surface area is 498 Å². The average Bonchev–Trinajstić information content (AvgIpc) is 3.47. The highest BCUT2D eigenvalue weighted by atomic mass is 16.6. The number of rotatable bonds is 57. The van der Waals surface area contributed by atoms with Crippen LogP contribution in [0.1, 0.15) is 265 Å². The monoisotopic (exact) mass is 1110 g/mol. The van der Waals surface area contributed by atoms with E-state index in [2.05, 4.69) is 191 Å². The molecule has 0 aromatic heterocycles. The Balaban J connectivity index is 4.52. The van der Waals surface area contributed by atoms with Crippen molar-refractivity contribution in [1.82, 2.24) is 0 Å². The molecular weight excluding hydrogens is 997 g/mol. The smallest absolute Gasteiger partial charge is 0.306 e. The van der Waals surface area contributed by atoms with E-state index < -0.39 is 6.10 Å². The van der Waals surface area contributed by atoms with Gasteiger partial charge in [-0.2, -0.15) is 0 Å². The Morgan fingerprint density at radius 1 is 0.259 bits per heavy atom. The molecule has 0 saturated heterocycles. The molecule has 6 heteroatoms. The summed E-state index contributed by atoms with van der Waals surface area (Å²) in [5.74, 6) is -0.992. The van der Waals surface area contributed by atoms with Gasteiger partial charge in [0.15, 0.2) is 6.10 Å². The van der Waals surface area contributed by atoms with Gasteiger partial charge >= 0.3 is 17.9 Å². The van der Waals surface area contributed by atoms with Crippen LogP contribution in [0.4, 0.5) is 0 Å². The van der Waals surface area contributed by atoms with Crippen molar-refractivity contribution in [1.29, 1.82) is 0 Å². The van der Waals surface area contributed by atoms with Crippen LogP contribution >= 0.6 is 0 Å². The first-order valence-electron chi connectivity index (χ1n) is 32.6. The summed E-state index contributed by atoms with van der Waals surface area (Å²) in [4.78, 5) is 38.4. The van der Waals surface area contributed by atoms with Crippen molar-refractivity contribution in [2.24, 2.45) is 0 Å². The van der Waals surface area contributed by atoms with E-state index in [1.54, 1.807) is 0 Å². The molecule has 0 rings (SSSR count). The molecule has 0 saturated carbocycles. The summed E-state index contributed by atoms with van der Waals surface area (Å²) in [7, 11) is 0. The molecule has 0 spiro atoms. The van der Waals surface area contributed by atoms with Gasteiger partial charge in [0.2, 0.25) is 0 Å². The summed E-state index contributed by atoms with van der Waals surface area (Å²) in [6.07, 6.45) is 99.3. The molecule has 454 valence electrons. The fourth-order valence-electron chi connectivity index (χ4n) is 8.36. The van der Waals surface area contributed by atoms with Crippen molar-refractivity contribution >= 4 is 17.9 Å². The molecule has 0 heterocycles. The normalized spacial score (nSPS) is 13.3. The molecule has 0 bridgehead atoms. The van der Waals surface area contributed by atoms with Crippen molar-refractivity contribution in [2.45, 2.75) is 271 Å². The summed E-state index contributed by atoms with van der Waals surface area (Å²) in [5, 5.41) is 0. The molecule has 0 aromatic rings. The van der Waals surface area contributed by atoms with Crippen LogP contribution in [-0.2, 0) is 28.6 Å². The molecule has 1 atom stereocenters. The lowest BCUT2D eigenvalue weighted by atomic mass is 10.1. The van der Waals surface area contributed by atoms with E-state index in [-0.39, 0.29) is 37.5 Å². The molecule has 81 heavy (non-hydrogen) atoms. The highest BCUT2D eigenvalue weighted by Gasteiger charge is 2.19. The molecule has 0 amide bonds. The first kappa shape index (κ1) is 75.8. The molecule has 0 aliphatic rings. The Bertz CT molecular complexity index is 1860. The topological polar surface area (TPSA) is 78.9 Å². The summed E-state index contributed by atoms with van der Waals surface area (Å²) < 4.78 is 16.9. The number of carbonyl (C=O) groups excluding carboxylic acids is 3. The van der Waals surface area contributed by atoms with Gasteiger partial charge in [-0.1, -0.05) is 262 Å². The molecular formula is C75H118O6. The van der Waals surface area contributed by atoms with Crippen LogP contribution in [0.15, 0.2) is 170 Å². The van der Waals surface area contributed by atoms with E-state index in [9.17, 15) is 14.4 Å². The van der Waals surface area contributed by atoms with Crippen molar-refractivity contribution in [3.8, 4) is 0 Å². The van der Waals surface area contributed by atoms with Gasteiger partial charge in [0.25, 0.3) is 0 Å². The minimum atomic E-state index is -0.822. The number of hydrogen-bond acceptors (Lipinski definition) is 6. The van der Waals surface area contributed by atoms with Crippen LogP contribution in [0.3, 0.4) is 0 Å². The zero-order chi connectivity index (χ0) is 58.5. The minimum absolute atomic E-state index is 0.114. The highest BCUT2D eigenvalue weighted by Crippen LogP contribution is 2.13. The molecule has 1 unspecified atom stereocenters. The second-order valence-electron chi connectivity index (χ2n) is 20.9. The fraction of sp³-hybridized carbons (Fsp3) is 0.587. The van der Waals surface area contributed by atoms with Gasteiger partial charge < -0.3 is 14.2 Å². The molecule has 0 aliphatic carbocycles. The molecule has 0 fully saturated rings. The van der Waals surface area contributed by atoms with E-state index >= 15 is 0 Å². The van der Waals surface area contributed by atoms with E-state index in [4.69, 9.17) is 14.2 Å². The zero-order valence-corrected chi connectivity index (χ0v) is 52.0. The average molecular weight is 1120 g/mol. The van der Waals surface area contributed by atoms with Gasteiger partial charge in [-0.3, -0.25) is 14.4 Å². The van der Waals surface area contributed by atoms with Crippen LogP contribution < -0.4 is 0 Å². The first-order chi connectivity index (χ1) is 40.0. The number of hydrogen-bond donors (Lipinski definition) is 0. The first-order valence-corrected chi connectivity index (χ1v) is 32.6. The van der Waals surface area contributed by atoms with Crippen molar-refractivity contribution in [3.63, 3.8) is 0 Å². The maximum Gasteiger partial charge on any atom is 0.306 e. The fourth-order valence-corrected chi connectivity index (χ4v) is 8.36. The van der Waals surface area contributed by atoms with E-state index in [1.165, 1.54) is 51.4 Å². The number of carbonyl (C=O) groups is 3. The van der Waals surface area contributed by atoms with Crippen LogP contribution in [0.5, 0.6) is 0 Å². The van der Waals surface area contributed by atoms with Crippen LogP contribution in [-0.4, -0.2) is 37.2 Å². The molecule has 0 aromatic carbocycles. The summed E-state index contributed by atoms with van der Waals surface area (Å²) in [6, 6.07) is 0. The Morgan fingerprint density at radius 2 is 0.481 bits per heavy atom. The maximum absolute atomic E-state index is 12.9. The Kier molecular flexibility index (Phi) is 62.9. The van der Waals surface area contributed by atoms with E-state index in [0.29, 0.717) is 19.3 Å². The Morgan fingerprint density at radius 3 is 0.778 bits per heavy atom. The predicted molar refractivity (Wildman–Crippen MR) is 352 cm³/mol. The third-order valence-electron chi connectivity index (χ3n) is 13.2. The molecule has 0 radical (unpaired) electrons. The van der Waals surface area contributed by atoms with Gasteiger partial charge in [-0.15, -0.1) is 0 Å². The zero-order valence-electron chi connectivity index (χ0n) is 52.0. The third kappa shape index (κ3) is 65.5. The quantitative estimate of drug-likeness (QED) is 0.0261. The van der Waals surface area contributed by atoms with Gasteiger partial charge in [0.05, 0.1) is 0 Å². The van der Waals surface area contributed by atoms with E-state index in [1.807, 2.05) is 0 Å². The van der Waals surface area contributed by atoms with Gasteiger partial charge in [-0.25, -0.2) is 0 Å². The molecule has 6 nitrogen and oxygen atoms in total. The SMILES string of the molecule is CC/C=C\C/C=C\C/C=C\C/C=C\C/C=C\C/C=C\C/C=C\C/C=C\CCCCC(=O)OCC(COC(=O)CCCCCCC/C=C\C/C=C\C/C=C\CC)OC(=O)CCCCCCCC/C=C\C/C=C\C/C=C\CCCCCCC. The van der Waals surface area contributed by atoms with Gasteiger partial charge in [0, 0.05) is 19.3 Å². The lowest BCUT2D eigenvalue weighted by Gasteiger charge is -2.18. The maximum atomic E-state index is 12.9. The summed E-state index contributed by atoms with van der Waals surface area (Å²) in [5.41, 5.74) is 0. The lowest BCUT2D eigenvalue weighted by Crippen LogP contribution is -2.30. The lowest BCUT2D eigenvalue weighted by molar-refractivity contribution is -0.167. The highest BCUT2D eigenvalue weighted by molar-refractivity contribution is 5.71. The second-order valence-corrected chi connectivity index (χ2v) is 20.9. The number of esters is 3. The van der Waals surface area contributed by atoms with Crippen LogP contribution in [0.2, 0.25) is 0 Å². The molecule has 0 N–H and O–H groups in total. The van der Waals surface area contributed by atoms with Crippen molar-refractivity contribution < 1.29 is 28.6 Å². The molecule has 0 aliphatic heterocycles. The minimum Gasteiger partial charge on any atom is -0.462 e. The third-order valence-corrected chi connectivity index (χ3v) is 13.2. The summed E-state index contributed by atoms with van der Waals surface area (Å²) >= 11 is 0. The van der Waals surface area contributed by atoms with Crippen molar-refractivity contribution in [2.75, 3.05) is 13.2 Å². The van der Waals surface area contributed by atoms with Crippen LogP contribution in [0.25, 0.3) is 0 Å². The number of ether oxygens (including phenoxy) is 3. The largest absolute Gasteiger partial charge is 0.462 e. The van der Waals surface area contributed by atoms with Gasteiger partial charge in [0.1, 0.15) is 13.2 Å². The van der Waals surface area contributed by atoms with Gasteiger partial charge in [-0.05, 0) is 154 Å². The predicted octanol–water partition coefficient (Wildman–Crippen LogP) is 22.7. The second kappa shape index (κ2) is 67.3. The van der Waals surface area contributed by atoms with E-state index in [0.717, 1.165) is 167 Å².